The number of hydrogen-bond acceptors (Lipinski definition) is 10. The first-order chi connectivity index (χ1) is 24.5. The first-order valence-electron chi connectivity index (χ1n) is 16.1. The summed E-state index contributed by atoms with van der Waals surface area (Å²) in [6, 6.07) is 24.0. The fourth-order valence-corrected chi connectivity index (χ4v) is 7.39. The van der Waals surface area contributed by atoms with E-state index in [0.29, 0.717) is 0 Å². The van der Waals surface area contributed by atoms with Crippen LogP contribution in [0.2, 0.25) is 0 Å². The Labute approximate surface area is 297 Å². The first-order valence-corrected chi connectivity index (χ1v) is 17.5. The maximum atomic E-state index is 14.0. The lowest BCUT2D eigenvalue weighted by Gasteiger charge is -2.44. The van der Waals surface area contributed by atoms with E-state index in [2.05, 4.69) is 16.6 Å². The van der Waals surface area contributed by atoms with Crippen molar-refractivity contribution in [2.75, 3.05) is 27.3 Å². The van der Waals surface area contributed by atoms with E-state index in [1.165, 1.54) is 12.1 Å². The van der Waals surface area contributed by atoms with Crippen molar-refractivity contribution in [2.24, 2.45) is 17.8 Å². The van der Waals surface area contributed by atoms with Crippen molar-refractivity contribution >= 4 is 34.1 Å². The molecule has 2 N–H and O–H groups in total. The molecule has 51 heavy (non-hydrogen) atoms. The summed E-state index contributed by atoms with van der Waals surface area (Å²) in [4.78, 5) is 53.3. The van der Waals surface area contributed by atoms with Gasteiger partial charge in [0.2, 0.25) is 10.0 Å². The van der Waals surface area contributed by atoms with Gasteiger partial charge in [-0.05, 0) is 30.2 Å². The molecule has 270 valence electrons. The van der Waals surface area contributed by atoms with Gasteiger partial charge >= 0.3 is 24.1 Å². The lowest BCUT2D eigenvalue weighted by molar-refractivity contribution is -0.174. The molecule has 2 amide bonds. The van der Waals surface area contributed by atoms with Crippen LogP contribution in [0.25, 0.3) is 0 Å². The molecule has 14 heteroatoms. The van der Waals surface area contributed by atoms with Crippen molar-refractivity contribution in [3.63, 3.8) is 0 Å². The first kappa shape index (κ1) is 38.4. The van der Waals surface area contributed by atoms with E-state index in [1.54, 1.807) is 67.6 Å². The molecule has 1 fully saturated rings. The highest BCUT2D eigenvalue weighted by molar-refractivity contribution is 7.89. The van der Waals surface area contributed by atoms with Gasteiger partial charge in [-0.3, -0.25) is 9.59 Å². The number of aryl methyl sites for hydroxylation is 1. The molecule has 0 radical (unpaired) electrons. The van der Waals surface area contributed by atoms with Gasteiger partial charge < -0.3 is 29.6 Å². The molecule has 1 aliphatic carbocycles. The van der Waals surface area contributed by atoms with E-state index in [4.69, 9.17) is 25.4 Å². The molecule has 0 heterocycles. The molecule has 13 nitrogen and oxygen atoms in total. The van der Waals surface area contributed by atoms with E-state index in [9.17, 15) is 27.6 Å². The van der Waals surface area contributed by atoms with E-state index in [1.807, 2.05) is 12.1 Å². The number of sulfonamides is 1. The maximum Gasteiger partial charge on any atom is 0.407 e. The predicted molar refractivity (Wildman–Crippen MR) is 185 cm³/mol. The number of rotatable bonds is 13. The van der Waals surface area contributed by atoms with Gasteiger partial charge in [0.1, 0.15) is 12.2 Å². The summed E-state index contributed by atoms with van der Waals surface area (Å²) in [6.45, 7) is 0.979. The third-order valence-electron chi connectivity index (χ3n) is 8.55. The van der Waals surface area contributed by atoms with Crippen LogP contribution in [0.1, 0.15) is 23.1 Å². The number of ether oxygens (including phenoxy) is 4. The lowest BCUT2D eigenvalue weighted by atomic mass is 9.68. The summed E-state index contributed by atoms with van der Waals surface area (Å²) in [6.07, 6.45) is 0.640. The number of carbonyl (C=O) groups excluding carboxylic acids is 4. The number of esters is 2. The summed E-state index contributed by atoms with van der Waals surface area (Å²) in [5.74, 6) is -3.41. The van der Waals surface area contributed by atoms with Crippen molar-refractivity contribution in [2.45, 2.75) is 43.5 Å². The minimum Gasteiger partial charge on any atom is -0.469 e. The Bertz CT molecular complexity index is 1800. The SMILES string of the molecule is C#CCN(C[C@H]1[C@H](OC(=O)NCc2ccccc2)[C@H](OC(=O)NCc2ccccc2)C[C@@H](C(=O)OC)[C@H]1C(=O)OC)S(=O)(=O)c1ccc(C)cc1. The highest BCUT2D eigenvalue weighted by atomic mass is 32.2. The summed E-state index contributed by atoms with van der Waals surface area (Å²) in [5.41, 5.74) is 2.34. The van der Waals surface area contributed by atoms with Crippen LogP contribution in [0.5, 0.6) is 0 Å². The fraction of sp³-hybridized carbons (Fsp3) is 0.351. The average molecular weight is 720 g/mol. The van der Waals surface area contributed by atoms with Crippen molar-refractivity contribution < 1.29 is 46.5 Å². The Kier molecular flexibility index (Phi) is 13.6. The Hall–Kier alpha value is -5.39. The van der Waals surface area contributed by atoms with E-state index in [0.717, 1.165) is 35.2 Å². The fourth-order valence-electron chi connectivity index (χ4n) is 6.00. The summed E-state index contributed by atoms with van der Waals surface area (Å²) < 4.78 is 50.8. The Balaban J connectivity index is 1.76. The van der Waals surface area contributed by atoms with Crippen LogP contribution >= 0.6 is 0 Å². The third kappa shape index (κ3) is 10.1. The van der Waals surface area contributed by atoms with Crippen molar-refractivity contribution in [3.8, 4) is 12.3 Å². The number of nitrogens with zero attached hydrogens (tertiary/aromatic N) is 1. The zero-order valence-electron chi connectivity index (χ0n) is 28.5. The number of alkyl carbamates (subject to hydrolysis) is 2. The molecule has 0 aliphatic heterocycles. The van der Waals surface area contributed by atoms with Gasteiger partial charge in [0.15, 0.2) is 0 Å². The van der Waals surface area contributed by atoms with E-state index < -0.39 is 77.2 Å². The number of methoxy groups -OCH3 is 2. The van der Waals surface area contributed by atoms with Crippen LogP contribution in [0, 0.1) is 37.0 Å². The summed E-state index contributed by atoms with van der Waals surface area (Å²) in [7, 11) is -2.08. The number of carbonyl (C=O) groups is 4. The highest BCUT2D eigenvalue weighted by Gasteiger charge is 2.55. The second kappa shape index (κ2) is 18.0. The monoisotopic (exact) mass is 719 g/mol. The second-order valence-corrected chi connectivity index (χ2v) is 13.8. The van der Waals surface area contributed by atoms with Crippen molar-refractivity contribution in [3.05, 3.63) is 102 Å². The standard InChI is InChI=1S/C37H41N3O10S/c1-5-20-40(51(45,46)28-18-16-25(2)17-19-28)24-30-32(35(42)48-4)29(34(41)47-3)21-31(49-36(43)38-22-26-12-8-6-9-13-26)33(30)50-37(44)39-23-27-14-10-7-11-15-27/h1,6-19,29-33H,20-24H2,2-4H3,(H,38,43)(H,39,44)/t29-,30-,31-,32-,33+/m1/s1. The Morgan fingerprint density at radius 3 is 1.84 bits per heavy atom. The number of terminal acetylenes is 1. The quantitative estimate of drug-likeness (QED) is 0.151. The van der Waals surface area contributed by atoms with Crippen molar-refractivity contribution in [1.82, 2.24) is 14.9 Å². The summed E-state index contributed by atoms with van der Waals surface area (Å²) in [5, 5.41) is 5.28. The molecule has 1 saturated carbocycles. The summed E-state index contributed by atoms with van der Waals surface area (Å²) >= 11 is 0. The van der Waals surface area contributed by atoms with Gasteiger partial charge in [-0.15, -0.1) is 6.42 Å². The molecule has 0 unspecified atom stereocenters. The van der Waals surface area contributed by atoms with Gasteiger partial charge in [-0.25, -0.2) is 18.0 Å². The zero-order chi connectivity index (χ0) is 37.0. The molecule has 0 saturated heterocycles. The molecule has 0 spiro atoms. The minimum atomic E-state index is -4.31. The maximum absolute atomic E-state index is 14.0. The highest BCUT2D eigenvalue weighted by Crippen LogP contribution is 2.41. The van der Waals surface area contributed by atoms with Gasteiger partial charge in [0.05, 0.1) is 37.5 Å². The van der Waals surface area contributed by atoms with E-state index >= 15 is 0 Å². The largest absolute Gasteiger partial charge is 0.469 e. The lowest BCUT2D eigenvalue weighted by Crippen LogP contribution is -2.58. The molecular weight excluding hydrogens is 678 g/mol. The van der Waals surface area contributed by atoms with Gasteiger partial charge in [-0.1, -0.05) is 84.3 Å². The molecule has 5 atom stereocenters. The van der Waals surface area contributed by atoms with Crippen LogP contribution in [-0.2, 0) is 51.6 Å². The van der Waals surface area contributed by atoms with Gasteiger partial charge in [-0.2, -0.15) is 4.31 Å². The molecule has 3 aromatic carbocycles. The zero-order valence-corrected chi connectivity index (χ0v) is 29.3. The van der Waals surface area contributed by atoms with Crippen LogP contribution < -0.4 is 10.6 Å². The molecule has 4 rings (SSSR count). The van der Waals surface area contributed by atoms with Gasteiger partial charge in [0, 0.05) is 32.0 Å². The minimum absolute atomic E-state index is 0.0659. The number of amides is 2. The van der Waals surface area contributed by atoms with Crippen molar-refractivity contribution in [1.29, 1.82) is 0 Å². The third-order valence-corrected chi connectivity index (χ3v) is 10.4. The molecule has 0 bridgehead atoms. The van der Waals surface area contributed by atoms with Gasteiger partial charge in [0.25, 0.3) is 0 Å². The van der Waals surface area contributed by atoms with E-state index in [-0.39, 0.29) is 24.4 Å². The predicted octanol–water partition coefficient (Wildman–Crippen LogP) is 3.81. The van der Waals surface area contributed by atoms with Crippen LogP contribution in [0.15, 0.2) is 89.8 Å². The average Bonchev–Trinajstić information content (AvgIpc) is 3.14. The van der Waals surface area contributed by atoms with Crippen LogP contribution in [0.4, 0.5) is 9.59 Å². The molecule has 1 aliphatic rings. The molecule has 3 aromatic rings. The van der Waals surface area contributed by atoms with Crippen LogP contribution in [0.3, 0.4) is 0 Å². The molecular formula is C37H41N3O10S. The number of nitrogens with one attached hydrogen (secondary N) is 2. The molecule has 0 aromatic heterocycles. The second-order valence-electron chi connectivity index (χ2n) is 11.9. The normalized spacial score (nSPS) is 19.9. The number of hydrogen-bond donors (Lipinski definition) is 2. The smallest absolute Gasteiger partial charge is 0.407 e. The Morgan fingerprint density at radius 1 is 0.804 bits per heavy atom. The number of benzene rings is 3. The Morgan fingerprint density at radius 2 is 1.33 bits per heavy atom. The van der Waals surface area contributed by atoms with Crippen LogP contribution in [-0.4, -0.2) is 76.4 Å². The topological polar surface area (TPSA) is 167 Å².